The molecule has 1 aliphatic rings. The summed E-state index contributed by atoms with van der Waals surface area (Å²) in [6.07, 6.45) is 1.81. The van der Waals surface area contributed by atoms with Gasteiger partial charge in [0, 0.05) is 33.4 Å². The number of hydrogen-bond donors (Lipinski definition) is 1. The monoisotopic (exact) mass is 534 g/mol. The molecule has 0 aliphatic carbocycles. The maximum Gasteiger partial charge on any atom is 0.174 e. The van der Waals surface area contributed by atoms with Crippen molar-refractivity contribution in [1.82, 2.24) is 14.9 Å². The summed E-state index contributed by atoms with van der Waals surface area (Å²) < 4.78 is 16.8. The molecule has 2 aromatic heterocycles. The molecular weight excluding hydrogens is 511 g/mol. The molecule has 7 heteroatoms. The third kappa shape index (κ3) is 3.93. The summed E-state index contributed by atoms with van der Waals surface area (Å²) in [5.74, 6) is -0.247. The van der Waals surface area contributed by atoms with E-state index < -0.39 is 0 Å². The molecule has 172 valence electrons. The molecule has 4 aromatic rings. The summed E-state index contributed by atoms with van der Waals surface area (Å²) >= 11 is 9.48. The molecule has 5 rings (SSSR count). The van der Waals surface area contributed by atoms with Gasteiger partial charge in [-0.2, -0.15) is 0 Å². The molecule has 4 nitrogen and oxygen atoms in total. The van der Waals surface area contributed by atoms with E-state index in [1.165, 1.54) is 12.1 Å². The van der Waals surface area contributed by atoms with Crippen LogP contribution >= 0.6 is 28.1 Å². The Kier molecular flexibility index (Phi) is 6.00. The van der Waals surface area contributed by atoms with Gasteiger partial charge >= 0.3 is 0 Å². The van der Waals surface area contributed by atoms with Crippen molar-refractivity contribution in [3.05, 3.63) is 111 Å². The quantitative estimate of drug-likeness (QED) is 0.289. The molecule has 0 amide bonds. The maximum atomic E-state index is 13.6. The van der Waals surface area contributed by atoms with E-state index >= 15 is 0 Å². The van der Waals surface area contributed by atoms with Crippen LogP contribution in [0.15, 0.2) is 77.4 Å². The van der Waals surface area contributed by atoms with Gasteiger partial charge in [0.25, 0.3) is 0 Å². The predicted molar refractivity (Wildman–Crippen MR) is 142 cm³/mol. The first kappa shape index (κ1) is 22.7. The number of hydrogen-bond acceptors (Lipinski definition) is 2. The largest absolute Gasteiger partial charge is 0.351 e. The van der Waals surface area contributed by atoms with Crippen LogP contribution in [-0.4, -0.2) is 14.7 Å². The molecule has 0 saturated carbocycles. The SMILES string of the molecule is Cc1cc(N2C(=S)N[C@@H](c3ccccn3)[C@@H]2c2cc(C)n(-c3ccc(F)cc3)c2C)ccc1Br. The van der Waals surface area contributed by atoms with Gasteiger partial charge in [-0.15, -0.1) is 0 Å². The molecule has 0 spiro atoms. The maximum absolute atomic E-state index is 13.6. The van der Waals surface area contributed by atoms with Crippen LogP contribution in [0.2, 0.25) is 0 Å². The highest BCUT2D eigenvalue weighted by molar-refractivity contribution is 9.10. The van der Waals surface area contributed by atoms with E-state index in [4.69, 9.17) is 12.2 Å². The van der Waals surface area contributed by atoms with Crippen LogP contribution in [0.5, 0.6) is 0 Å². The zero-order valence-electron chi connectivity index (χ0n) is 19.1. The van der Waals surface area contributed by atoms with Gasteiger partial charge in [-0.3, -0.25) is 4.98 Å². The van der Waals surface area contributed by atoms with E-state index in [2.05, 4.69) is 80.7 Å². The smallest absolute Gasteiger partial charge is 0.174 e. The number of thiocarbonyl (C=S) groups is 1. The standard InChI is InChI=1S/C27H24BrFN4S/c1-16-14-21(11-12-23(16)28)33-26(25(31-27(33)34)24-6-4-5-13-30-24)22-15-17(2)32(18(22)3)20-9-7-19(29)8-10-20/h4-15,25-26H,1-3H3,(H,31,34)/t25-,26-/m0/s1. The predicted octanol–water partition coefficient (Wildman–Crippen LogP) is 6.88. The molecule has 2 aromatic carbocycles. The number of aromatic nitrogens is 2. The van der Waals surface area contributed by atoms with Crippen molar-refractivity contribution >= 4 is 38.9 Å². The summed E-state index contributed by atoms with van der Waals surface area (Å²) in [5.41, 5.74) is 7.31. The number of anilines is 1. The zero-order valence-corrected chi connectivity index (χ0v) is 21.5. The number of nitrogens with zero attached hydrogens (tertiary/aromatic N) is 3. The summed E-state index contributed by atoms with van der Waals surface area (Å²) in [6, 6.07) is 20.8. The van der Waals surface area contributed by atoms with Crippen LogP contribution in [0.4, 0.5) is 10.1 Å². The molecule has 1 N–H and O–H groups in total. The van der Waals surface area contributed by atoms with Crippen molar-refractivity contribution in [1.29, 1.82) is 0 Å². The highest BCUT2D eigenvalue weighted by Gasteiger charge is 2.42. The minimum atomic E-state index is -0.247. The summed E-state index contributed by atoms with van der Waals surface area (Å²) in [5, 5.41) is 4.19. The molecule has 34 heavy (non-hydrogen) atoms. The van der Waals surface area contributed by atoms with Crippen LogP contribution in [0.1, 0.15) is 40.3 Å². The van der Waals surface area contributed by atoms with Crippen LogP contribution in [0, 0.1) is 26.6 Å². The first-order valence-electron chi connectivity index (χ1n) is 11.1. The number of aryl methyl sites for hydroxylation is 2. The lowest BCUT2D eigenvalue weighted by molar-refractivity contribution is 0.565. The fourth-order valence-corrected chi connectivity index (χ4v) is 5.39. The van der Waals surface area contributed by atoms with Crippen molar-refractivity contribution in [3.8, 4) is 5.69 Å². The molecule has 0 radical (unpaired) electrons. The van der Waals surface area contributed by atoms with Crippen molar-refractivity contribution < 1.29 is 4.39 Å². The van der Waals surface area contributed by atoms with Gasteiger partial charge in [0.05, 0.1) is 17.8 Å². The topological polar surface area (TPSA) is 33.1 Å². The Morgan fingerprint density at radius 3 is 2.38 bits per heavy atom. The minimum absolute atomic E-state index is 0.108. The van der Waals surface area contributed by atoms with E-state index in [1.54, 1.807) is 0 Å². The first-order valence-corrected chi connectivity index (χ1v) is 12.3. The highest BCUT2D eigenvalue weighted by Crippen LogP contribution is 2.44. The highest BCUT2D eigenvalue weighted by atomic mass is 79.9. The van der Waals surface area contributed by atoms with E-state index in [-0.39, 0.29) is 17.9 Å². The Balaban J connectivity index is 1.68. The molecule has 0 bridgehead atoms. The van der Waals surface area contributed by atoms with Crippen molar-refractivity contribution in [2.75, 3.05) is 4.90 Å². The van der Waals surface area contributed by atoms with Gasteiger partial charge in [0.2, 0.25) is 0 Å². The van der Waals surface area contributed by atoms with Crippen LogP contribution in [0.3, 0.4) is 0 Å². The van der Waals surface area contributed by atoms with Gasteiger partial charge in [-0.1, -0.05) is 22.0 Å². The first-order chi connectivity index (χ1) is 16.3. The lowest BCUT2D eigenvalue weighted by atomic mass is 9.96. The fourth-order valence-electron chi connectivity index (χ4n) is 4.80. The van der Waals surface area contributed by atoms with Gasteiger partial charge in [0.1, 0.15) is 5.82 Å². The number of halogens is 2. The van der Waals surface area contributed by atoms with E-state index in [9.17, 15) is 4.39 Å². The summed E-state index contributed by atoms with van der Waals surface area (Å²) in [4.78, 5) is 6.84. The number of rotatable bonds is 4. The Hall–Kier alpha value is -3.03. The second-order valence-electron chi connectivity index (χ2n) is 8.57. The average Bonchev–Trinajstić information content (AvgIpc) is 3.32. The fraction of sp³-hybridized carbons (Fsp3) is 0.185. The lowest BCUT2D eigenvalue weighted by Gasteiger charge is -2.28. The lowest BCUT2D eigenvalue weighted by Crippen LogP contribution is -2.29. The van der Waals surface area contributed by atoms with Crippen molar-refractivity contribution in [2.45, 2.75) is 32.9 Å². The molecule has 3 heterocycles. The molecule has 2 atom stereocenters. The van der Waals surface area contributed by atoms with Crippen LogP contribution in [0.25, 0.3) is 5.69 Å². The Labute approximate surface area is 212 Å². The third-order valence-corrected chi connectivity index (χ3v) is 7.60. The number of pyridine rings is 1. The normalized spacial score (nSPS) is 17.8. The Morgan fingerprint density at radius 1 is 0.971 bits per heavy atom. The van der Waals surface area contributed by atoms with E-state index in [1.807, 2.05) is 36.5 Å². The molecule has 1 fully saturated rings. The zero-order chi connectivity index (χ0) is 24.0. The van der Waals surface area contributed by atoms with E-state index in [0.29, 0.717) is 5.11 Å². The average molecular weight is 535 g/mol. The Morgan fingerprint density at radius 2 is 1.71 bits per heavy atom. The van der Waals surface area contributed by atoms with Gasteiger partial charge < -0.3 is 14.8 Å². The molecule has 1 saturated heterocycles. The summed E-state index contributed by atoms with van der Waals surface area (Å²) in [7, 11) is 0. The third-order valence-electron chi connectivity index (χ3n) is 6.39. The van der Waals surface area contributed by atoms with Gasteiger partial charge in [-0.25, -0.2) is 4.39 Å². The molecular formula is C27H24BrFN4S. The second-order valence-corrected chi connectivity index (χ2v) is 9.81. The van der Waals surface area contributed by atoms with Crippen LogP contribution in [-0.2, 0) is 0 Å². The molecule has 1 aliphatic heterocycles. The van der Waals surface area contributed by atoms with Crippen LogP contribution < -0.4 is 10.2 Å². The van der Waals surface area contributed by atoms with Crippen molar-refractivity contribution in [3.63, 3.8) is 0 Å². The Bertz CT molecular complexity index is 1370. The number of benzene rings is 2. The molecule has 0 unspecified atom stereocenters. The van der Waals surface area contributed by atoms with Gasteiger partial charge in [-0.05, 0) is 105 Å². The number of nitrogens with one attached hydrogen (secondary N) is 1. The minimum Gasteiger partial charge on any atom is -0.351 e. The van der Waals surface area contributed by atoms with E-state index in [0.717, 1.165) is 44.1 Å². The van der Waals surface area contributed by atoms with Gasteiger partial charge in [0.15, 0.2) is 5.11 Å². The summed E-state index contributed by atoms with van der Waals surface area (Å²) in [6.45, 7) is 6.25. The second kappa shape index (κ2) is 8.96. The van der Waals surface area contributed by atoms with Crippen molar-refractivity contribution in [2.24, 2.45) is 0 Å².